The molecule has 330 valence electrons. The highest BCUT2D eigenvalue weighted by Gasteiger charge is 2.26. The fraction of sp³-hybridized carbons (Fsp3) is 0.0769. The second-order valence-corrected chi connectivity index (χ2v) is 17.6. The lowest BCUT2D eigenvalue weighted by molar-refractivity contribution is -0.617. The quantitative estimate of drug-likeness (QED) is 0.0517. The average Bonchev–Trinajstić information content (AvgIpc) is 3.90. The molecule has 0 N–H and O–H groups in total. The van der Waals surface area contributed by atoms with Crippen LogP contribution >= 0.6 is 22.7 Å². The van der Waals surface area contributed by atoms with E-state index in [0.29, 0.717) is 10.1 Å². The highest BCUT2D eigenvalue weighted by atomic mass is 32.1. The van der Waals surface area contributed by atoms with Crippen molar-refractivity contribution in [1.82, 2.24) is 0 Å². The van der Waals surface area contributed by atoms with Gasteiger partial charge in [-0.1, -0.05) is 158 Å². The van der Waals surface area contributed by atoms with Gasteiger partial charge in [-0.15, -0.1) is 0 Å². The minimum Gasteiger partial charge on any atom is -0.735 e. The number of rotatable bonds is 12. The zero-order chi connectivity index (χ0) is 46.4. The molecule has 0 unspecified atom stereocenters. The molecule has 14 heteroatoms. The van der Waals surface area contributed by atoms with Crippen LogP contribution in [0.4, 0.5) is 21.6 Å². The van der Waals surface area contributed by atoms with Gasteiger partial charge in [0.05, 0.1) is 33.7 Å². The van der Waals surface area contributed by atoms with Crippen molar-refractivity contribution in [3.63, 3.8) is 0 Å². The van der Waals surface area contributed by atoms with Crippen LogP contribution in [-0.2, 0) is 38.3 Å². The van der Waals surface area contributed by atoms with Gasteiger partial charge in [-0.2, -0.15) is 0 Å². The Labute approximate surface area is 403 Å². The van der Waals surface area contributed by atoms with E-state index in [1.165, 1.54) is 35.4 Å². The van der Waals surface area contributed by atoms with Crippen LogP contribution in [0.25, 0.3) is 32.3 Å². The van der Waals surface area contributed by atoms with Crippen LogP contribution < -0.4 is 18.9 Å². The largest absolute Gasteiger partial charge is 0.735 e. The predicted molar refractivity (Wildman–Crippen MR) is 271 cm³/mol. The Morgan fingerprint density at radius 1 is 0.439 bits per heavy atom. The van der Waals surface area contributed by atoms with E-state index < -0.39 is 9.85 Å². The summed E-state index contributed by atoms with van der Waals surface area (Å²) in [7, 11) is 4.06. The monoisotopic (exact) mass is 944 g/mol. The highest BCUT2D eigenvalue weighted by molar-refractivity contribution is 7.59. The number of non-ortho nitro benzene ring substituents is 2. The fourth-order valence-corrected chi connectivity index (χ4v) is 10.1. The van der Waals surface area contributed by atoms with E-state index in [-0.39, 0.29) is 11.4 Å². The molecule has 7 aromatic carbocycles. The second kappa shape index (κ2) is 22.5. The number of nitro benzene ring substituents is 2. The SMILES string of the molecule is CN(Cc1ccccc1)c1sc(-c2ccccc2)c([S-])[n+]1-c1ccc([N+](=O)[O-])cc1.CN(Cc1ccccc1)c1sc(-c2ccccc2)c([S-])[n+]1-c1ccc([N+](=O)[O-])cc1.c1ccccc1. The third-order valence-electron chi connectivity index (χ3n) is 10.1. The Kier molecular flexibility index (Phi) is 15.9. The van der Waals surface area contributed by atoms with Crippen LogP contribution in [0, 0.1) is 20.2 Å². The van der Waals surface area contributed by atoms with Crippen LogP contribution in [-0.4, -0.2) is 23.9 Å². The smallest absolute Gasteiger partial charge is 0.340 e. The molecule has 10 nitrogen and oxygen atoms in total. The molecule has 0 radical (unpaired) electrons. The lowest BCUT2D eigenvalue weighted by Crippen LogP contribution is -2.38. The molecule has 0 saturated heterocycles. The Hall–Kier alpha value is -7.36. The van der Waals surface area contributed by atoms with Gasteiger partial charge in [0.1, 0.15) is 24.5 Å². The number of benzene rings is 7. The first-order chi connectivity index (χ1) is 32.1. The van der Waals surface area contributed by atoms with Gasteiger partial charge in [-0.05, 0) is 69.2 Å². The minimum atomic E-state index is -0.394. The van der Waals surface area contributed by atoms with E-state index in [0.717, 1.165) is 55.6 Å². The highest BCUT2D eigenvalue weighted by Crippen LogP contribution is 2.37. The summed E-state index contributed by atoms with van der Waals surface area (Å²) in [6, 6.07) is 65.6. The van der Waals surface area contributed by atoms with E-state index in [4.69, 9.17) is 25.3 Å². The molecular weight excluding hydrogens is 901 g/mol. The Bertz CT molecular complexity index is 2740. The van der Waals surface area contributed by atoms with Crippen molar-refractivity contribution in [1.29, 1.82) is 0 Å². The van der Waals surface area contributed by atoms with Crippen molar-refractivity contribution in [2.75, 3.05) is 23.9 Å². The summed E-state index contributed by atoms with van der Waals surface area (Å²) in [5.74, 6) is 0. The molecule has 2 heterocycles. The van der Waals surface area contributed by atoms with Gasteiger partial charge in [-0.25, -0.2) is 9.13 Å². The molecule has 66 heavy (non-hydrogen) atoms. The van der Waals surface area contributed by atoms with Crippen LogP contribution in [0.15, 0.2) is 216 Å². The lowest BCUT2D eigenvalue weighted by Gasteiger charge is -2.15. The van der Waals surface area contributed by atoms with Crippen LogP contribution in [0.5, 0.6) is 0 Å². The second-order valence-electron chi connectivity index (χ2n) is 14.8. The standard InChI is InChI=1S/2C23H19N3O2S2.C6H6/c2*1-24(16-17-8-4-2-5-9-17)23-25(19-12-14-20(15-13-19)26(27)28)22(29)21(30-23)18-10-6-3-7-11-18;1-2-4-6-5-3-1/h2*2-15H,16H2,1H3;1-6H. The van der Waals surface area contributed by atoms with Crippen molar-refractivity contribution in [2.45, 2.75) is 23.1 Å². The van der Waals surface area contributed by atoms with E-state index in [9.17, 15) is 20.2 Å². The molecule has 9 rings (SSSR count). The van der Waals surface area contributed by atoms with Gasteiger partial charge in [0.25, 0.3) is 11.4 Å². The summed E-state index contributed by atoms with van der Waals surface area (Å²) in [6.45, 7) is 1.44. The number of hydrogen-bond acceptors (Lipinski definition) is 10. The molecule has 0 aliphatic carbocycles. The summed E-state index contributed by atoms with van der Waals surface area (Å²) in [5, 5.41) is 25.4. The van der Waals surface area contributed by atoms with Gasteiger partial charge in [0, 0.05) is 34.3 Å². The number of hydrogen-bond donors (Lipinski definition) is 0. The van der Waals surface area contributed by atoms with Gasteiger partial charge < -0.3 is 25.3 Å². The summed E-state index contributed by atoms with van der Waals surface area (Å²) in [4.78, 5) is 27.6. The first-order valence-electron chi connectivity index (χ1n) is 20.7. The molecule has 0 atom stereocenters. The zero-order valence-electron chi connectivity index (χ0n) is 36.0. The normalized spacial score (nSPS) is 10.5. The van der Waals surface area contributed by atoms with Gasteiger partial charge in [0.2, 0.25) is 0 Å². The molecule has 0 aliphatic rings. The summed E-state index contributed by atoms with van der Waals surface area (Å²) >= 11 is 15.0. The number of anilines is 2. The molecule has 0 bridgehead atoms. The summed E-state index contributed by atoms with van der Waals surface area (Å²) in [5.41, 5.74) is 6.22. The Morgan fingerprint density at radius 2 is 0.712 bits per heavy atom. The van der Waals surface area contributed by atoms with E-state index in [1.54, 1.807) is 46.9 Å². The van der Waals surface area contributed by atoms with Crippen LogP contribution in [0.3, 0.4) is 0 Å². The maximum Gasteiger partial charge on any atom is 0.340 e. The Balaban J connectivity index is 0.000000174. The minimum absolute atomic E-state index is 0.0583. The average molecular weight is 945 g/mol. The van der Waals surface area contributed by atoms with Crippen molar-refractivity contribution < 1.29 is 19.0 Å². The van der Waals surface area contributed by atoms with Crippen molar-refractivity contribution in [2.24, 2.45) is 0 Å². The van der Waals surface area contributed by atoms with E-state index >= 15 is 0 Å². The molecule has 2 aromatic heterocycles. The number of nitrogens with zero attached hydrogens (tertiary/aromatic N) is 6. The third kappa shape index (κ3) is 11.7. The third-order valence-corrected chi connectivity index (χ3v) is 13.8. The van der Waals surface area contributed by atoms with Crippen molar-refractivity contribution in [3.05, 3.63) is 238 Å². The predicted octanol–water partition coefficient (Wildman–Crippen LogP) is 12.0. The van der Waals surface area contributed by atoms with Crippen LogP contribution in [0.1, 0.15) is 11.1 Å². The zero-order valence-corrected chi connectivity index (χ0v) is 39.3. The number of nitro groups is 2. The maximum atomic E-state index is 11.1. The molecule has 0 fully saturated rings. The molecular formula is C52H44N6O4S4. The molecule has 0 amide bonds. The molecule has 0 saturated carbocycles. The Morgan fingerprint density at radius 3 is 1.00 bits per heavy atom. The maximum absolute atomic E-state index is 11.1. The van der Waals surface area contributed by atoms with E-state index in [1.807, 2.05) is 157 Å². The topological polar surface area (TPSA) is 101 Å². The van der Waals surface area contributed by atoms with Gasteiger partial charge in [-0.3, -0.25) is 30.0 Å². The molecule has 9 aromatic rings. The number of aromatic nitrogens is 2. The van der Waals surface area contributed by atoms with Gasteiger partial charge in [0.15, 0.2) is 0 Å². The van der Waals surface area contributed by atoms with Crippen LogP contribution in [0.2, 0.25) is 0 Å². The van der Waals surface area contributed by atoms with Gasteiger partial charge >= 0.3 is 10.3 Å². The molecule has 0 spiro atoms. The first kappa shape index (κ1) is 46.6. The lowest BCUT2D eigenvalue weighted by atomic mass is 10.2. The molecule has 0 aliphatic heterocycles. The summed E-state index contributed by atoms with van der Waals surface area (Å²) in [6.07, 6.45) is 0. The first-order valence-corrected chi connectivity index (χ1v) is 23.2. The van der Waals surface area contributed by atoms with Crippen molar-refractivity contribution >= 4 is 69.6 Å². The van der Waals surface area contributed by atoms with Crippen molar-refractivity contribution in [3.8, 4) is 32.3 Å². The van der Waals surface area contributed by atoms with E-state index in [2.05, 4.69) is 34.1 Å². The fourth-order valence-electron chi connectivity index (χ4n) is 6.92. The summed E-state index contributed by atoms with van der Waals surface area (Å²) < 4.78 is 3.99. The number of thiazole rings is 2.